The van der Waals surface area contributed by atoms with E-state index in [4.69, 9.17) is 4.42 Å². The van der Waals surface area contributed by atoms with E-state index in [1.165, 1.54) is 23.9 Å². The summed E-state index contributed by atoms with van der Waals surface area (Å²) in [6.45, 7) is 0. The van der Waals surface area contributed by atoms with Crippen molar-refractivity contribution in [3.8, 4) is 11.5 Å². The van der Waals surface area contributed by atoms with Crippen molar-refractivity contribution in [3.05, 3.63) is 42.0 Å². The van der Waals surface area contributed by atoms with Crippen molar-refractivity contribution in [2.45, 2.75) is 10.9 Å². The Morgan fingerprint density at radius 2 is 2.10 bits per heavy atom. The van der Waals surface area contributed by atoms with Crippen LogP contribution in [-0.2, 0) is 12.8 Å². The molecule has 20 heavy (non-hydrogen) atoms. The van der Waals surface area contributed by atoms with Gasteiger partial charge in [-0.25, -0.2) is 14.1 Å². The van der Waals surface area contributed by atoms with E-state index in [2.05, 4.69) is 20.5 Å². The standard InChI is InChI=1S/C12H10FN5OS/c1-18-12(15-16-17-18)20-7-10-6-19-11(14-10)8-2-4-9(13)5-3-8/h2-6H,7H2,1H3. The largest absolute Gasteiger partial charge is 0.444 e. The number of tetrazole rings is 1. The van der Waals surface area contributed by atoms with Crippen molar-refractivity contribution < 1.29 is 8.81 Å². The molecule has 0 aliphatic heterocycles. The SMILES string of the molecule is Cn1nnnc1SCc1coc(-c2ccc(F)cc2)n1. The van der Waals surface area contributed by atoms with Crippen LogP contribution in [0.4, 0.5) is 4.39 Å². The number of halogens is 1. The van der Waals surface area contributed by atoms with Gasteiger partial charge in [-0.05, 0) is 34.7 Å². The van der Waals surface area contributed by atoms with Gasteiger partial charge in [0, 0.05) is 18.4 Å². The highest BCUT2D eigenvalue weighted by atomic mass is 32.2. The molecule has 0 amide bonds. The fraction of sp³-hybridized carbons (Fsp3) is 0.167. The summed E-state index contributed by atoms with van der Waals surface area (Å²) in [5.74, 6) is 0.779. The quantitative estimate of drug-likeness (QED) is 0.687. The lowest BCUT2D eigenvalue weighted by molar-refractivity contribution is 0.572. The van der Waals surface area contributed by atoms with Crippen LogP contribution >= 0.6 is 11.8 Å². The zero-order chi connectivity index (χ0) is 13.9. The number of oxazole rings is 1. The first kappa shape index (κ1) is 12.8. The van der Waals surface area contributed by atoms with Crippen LogP contribution in [-0.4, -0.2) is 25.2 Å². The fourth-order valence-corrected chi connectivity index (χ4v) is 2.31. The number of rotatable bonds is 4. The lowest BCUT2D eigenvalue weighted by atomic mass is 10.2. The van der Waals surface area contributed by atoms with E-state index in [1.807, 2.05) is 0 Å². The van der Waals surface area contributed by atoms with Gasteiger partial charge in [-0.15, -0.1) is 5.10 Å². The molecule has 3 aromatic rings. The molecule has 6 nitrogen and oxygen atoms in total. The van der Waals surface area contributed by atoms with Gasteiger partial charge >= 0.3 is 0 Å². The number of thioether (sulfide) groups is 1. The summed E-state index contributed by atoms with van der Waals surface area (Å²) in [4.78, 5) is 4.35. The highest BCUT2D eigenvalue weighted by Crippen LogP contribution is 2.23. The molecule has 0 saturated carbocycles. The second kappa shape index (κ2) is 5.41. The first-order chi connectivity index (χ1) is 9.72. The minimum absolute atomic E-state index is 0.286. The molecule has 8 heteroatoms. The summed E-state index contributed by atoms with van der Waals surface area (Å²) in [6.07, 6.45) is 1.58. The average Bonchev–Trinajstić information content (AvgIpc) is 3.06. The Bertz CT molecular complexity index is 709. The summed E-state index contributed by atoms with van der Waals surface area (Å²) in [6, 6.07) is 6.01. The molecule has 0 fully saturated rings. The number of hydrogen-bond acceptors (Lipinski definition) is 6. The van der Waals surface area contributed by atoms with Gasteiger partial charge in [0.05, 0.1) is 5.69 Å². The zero-order valence-corrected chi connectivity index (χ0v) is 11.3. The molecule has 0 N–H and O–H groups in total. The van der Waals surface area contributed by atoms with Gasteiger partial charge in [0.2, 0.25) is 11.0 Å². The Kier molecular flexibility index (Phi) is 3.46. The molecule has 102 valence electrons. The highest BCUT2D eigenvalue weighted by molar-refractivity contribution is 7.98. The third kappa shape index (κ3) is 2.69. The van der Waals surface area contributed by atoms with Gasteiger partial charge in [0.1, 0.15) is 12.1 Å². The van der Waals surface area contributed by atoms with Crippen LogP contribution < -0.4 is 0 Å². The van der Waals surface area contributed by atoms with E-state index in [1.54, 1.807) is 30.1 Å². The van der Waals surface area contributed by atoms with Crippen molar-refractivity contribution in [1.29, 1.82) is 0 Å². The van der Waals surface area contributed by atoms with Crippen LogP contribution in [0.2, 0.25) is 0 Å². The van der Waals surface area contributed by atoms with Crippen LogP contribution in [0, 0.1) is 5.82 Å². The first-order valence-corrected chi connectivity index (χ1v) is 6.76. The van der Waals surface area contributed by atoms with Crippen molar-refractivity contribution in [2.24, 2.45) is 7.05 Å². The number of aromatic nitrogens is 5. The van der Waals surface area contributed by atoms with Crippen LogP contribution in [0.3, 0.4) is 0 Å². The van der Waals surface area contributed by atoms with Crippen LogP contribution in [0.5, 0.6) is 0 Å². The van der Waals surface area contributed by atoms with Crippen molar-refractivity contribution in [2.75, 3.05) is 0 Å². The number of aryl methyl sites for hydroxylation is 1. The van der Waals surface area contributed by atoms with Crippen molar-refractivity contribution in [3.63, 3.8) is 0 Å². The lowest BCUT2D eigenvalue weighted by Gasteiger charge is -1.95. The molecule has 0 radical (unpaired) electrons. The molecule has 0 saturated heterocycles. The summed E-state index contributed by atoms with van der Waals surface area (Å²) < 4.78 is 19.8. The molecule has 0 atom stereocenters. The lowest BCUT2D eigenvalue weighted by Crippen LogP contribution is -1.93. The second-order valence-corrected chi connectivity index (χ2v) is 4.97. The Labute approximate surface area is 118 Å². The highest BCUT2D eigenvalue weighted by Gasteiger charge is 2.09. The number of nitrogens with zero attached hydrogens (tertiary/aromatic N) is 5. The number of benzene rings is 1. The summed E-state index contributed by atoms with van der Waals surface area (Å²) in [7, 11) is 1.77. The predicted molar refractivity (Wildman–Crippen MR) is 70.3 cm³/mol. The molecule has 1 aromatic carbocycles. The van der Waals surface area contributed by atoms with E-state index < -0.39 is 0 Å². The summed E-state index contributed by atoms with van der Waals surface area (Å²) in [5.41, 5.74) is 1.51. The predicted octanol–water partition coefficient (Wildman–Crippen LogP) is 2.30. The van der Waals surface area contributed by atoms with Crippen LogP contribution in [0.25, 0.3) is 11.5 Å². The number of hydrogen-bond donors (Lipinski definition) is 0. The minimum Gasteiger partial charge on any atom is -0.444 e. The molecule has 2 aromatic heterocycles. The van der Waals surface area contributed by atoms with E-state index in [0.29, 0.717) is 16.8 Å². The third-order valence-electron chi connectivity index (χ3n) is 2.57. The minimum atomic E-state index is -0.286. The average molecular weight is 291 g/mol. The second-order valence-electron chi connectivity index (χ2n) is 4.02. The monoisotopic (exact) mass is 291 g/mol. The zero-order valence-electron chi connectivity index (χ0n) is 10.5. The van der Waals surface area contributed by atoms with E-state index >= 15 is 0 Å². The van der Waals surface area contributed by atoms with Gasteiger partial charge < -0.3 is 4.42 Å². The third-order valence-corrected chi connectivity index (χ3v) is 3.62. The normalized spacial score (nSPS) is 10.9. The van der Waals surface area contributed by atoms with Gasteiger partial charge in [0.15, 0.2) is 0 Å². The topological polar surface area (TPSA) is 69.6 Å². The molecule has 3 rings (SSSR count). The maximum Gasteiger partial charge on any atom is 0.226 e. The van der Waals surface area contributed by atoms with Crippen LogP contribution in [0.15, 0.2) is 40.1 Å². The Morgan fingerprint density at radius 3 is 2.80 bits per heavy atom. The molecule has 2 heterocycles. The van der Waals surface area contributed by atoms with E-state index in [9.17, 15) is 4.39 Å². The Hall–Kier alpha value is -2.22. The van der Waals surface area contributed by atoms with Crippen LogP contribution in [0.1, 0.15) is 5.69 Å². The summed E-state index contributed by atoms with van der Waals surface area (Å²) in [5, 5.41) is 11.9. The molecular weight excluding hydrogens is 281 g/mol. The molecule has 0 spiro atoms. The van der Waals surface area contributed by atoms with Crippen molar-refractivity contribution in [1.82, 2.24) is 25.2 Å². The van der Waals surface area contributed by atoms with Gasteiger partial charge in [-0.3, -0.25) is 0 Å². The van der Waals surface area contributed by atoms with Gasteiger partial charge in [-0.2, -0.15) is 0 Å². The molecular formula is C12H10FN5OS. The fourth-order valence-electron chi connectivity index (χ4n) is 1.58. The van der Waals surface area contributed by atoms with Crippen molar-refractivity contribution >= 4 is 11.8 Å². The van der Waals surface area contributed by atoms with Gasteiger partial charge in [0.25, 0.3) is 0 Å². The molecule has 0 bridgehead atoms. The maximum atomic E-state index is 12.8. The first-order valence-electron chi connectivity index (χ1n) is 5.78. The molecule has 0 unspecified atom stereocenters. The molecule has 0 aliphatic rings. The van der Waals surface area contributed by atoms with Gasteiger partial charge in [-0.1, -0.05) is 11.8 Å². The Morgan fingerprint density at radius 1 is 1.30 bits per heavy atom. The Balaban J connectivity index is 1.71. The maximum absolute atomic E-state index is 12.8. The molecule has 0 aliphatic carbocycles. The van der Waals surface area contributed by atoms with E-state index in [0.717, 1.165) is 11.3 Å². The summed E-state index contributed by atoms with van der Waals surface area (Å²) >= 11 is 1.46. The van der Waals surface area contributed by atoms with E-state index in [-0.39, 0.29) is 5.82 Å². The smallest absolute Gasteiger partial charge is 0.226 e.